The van der Waals surface area contributed by atoms with Gasteiger partial charge in [0.25, 0.3) is 0 Å². The number of nitrogens with one attached hydrogen (secondary N) is 1. The first-order chi connectivity index (χ1) is 11.3. The Labute approximate surface area is 145 Å². The van der Waals surface area contributed by atoms with Crippen LogP contribution in [0.15, 0.2) is 18.2 Å². The summed E-state index contributed by atoms with van der Waals surface area (Å²) in [6.07, 6.45) is 3.70. The minimum Gasteiger partial charge on any atom is -0.481 e. The van der Waals surface area contributed by atoms with E-state index in [1.807, 2.05) is 0 Å². The Balaban J connectivity index is 2.06. The van der Waals surface area contributed by atoms with Gasteiger partial charge in [0.05, 0.1) is 6.42 Å². The molecular weight excluding hydrogens is 335 g/mol. The van der Waals surface area contributed by atoms with Gasteiger partial charge in [-0.05, 0) is 30.5 Å². The van der Waals surface area contributed by atoms with Crippen LogP contribution in [0.2, 0.25) is 5.02 Å². The molecule has 0 spiro atoms. The predicted octanol–water partition coefficient (Wildman–Crippen LogP) is 3.41. The molecule has 1 aromatic rings. The average Bonchev–Trinajstić information content (AvgIpc) is 3.00. The first kappa shape index (κ1) is 18.5. The molecule has 0 saturated heterocycles. The first-order valence-corrected chi connectivity index (χ1v) is 8.38. The Kier molecular flexibility index (Phi) is 6.04. The van der Waals surface area contributed by atoms with Crippen LogP contribution in [0.25, 0.3) is 0 Å². The van der Waals surface area contributed by atoms with Gasteiger partial charge in [0.15, 0.2) is 0 Å². The average molecular weight is 357 g/mol. The summed E-state index contributed by atoms with van der Waals surface area (Å²) < 4.78 is 13.3. The highest BCUT2D eigenvalue weighted by atomic mass is 35.5. The summed E-state index contributed by atoms with van der Waals surface area (Å²) in [5.41, 5.74) is 0.560. The molecule has 0 bridgehead atoms. The van der Waals surface area contributed by atoms with Crippen molar-refractivity contribution in [3.63, 3.8) is 0 Å². The number of benzene rings is 1. The smallest absolute Gasteiger partial charge is 0.317 e. The molecule has 1 aliphatic rings. The highest BCUT2D eigenvalue weighted by molar-refractivity contribution is 6.31. The van der Waals surface area contributed by atoms with Crippen molar-refractivity contribution in [1.29, 1.82) is 0 Å². The lowest BCUT2D eigenvalue weighted by Gasteiger charge is -2.31. The number of aliphatic carboxylic acids is 1. The van der Waals surface area contributed by atoms with Crippen molar-refractivity contribution in [2.24, 2.45) is 0 Å². The molecule has 132 valence electrons. The van der Waals surface area contributed by atoms with Crippen LogP contribution in [0.4, 0.5) is 9.18 Å². The summed E-state index contributed by atoms with van der Waals surface area (Å²) in [5.74, 6) is -1.32. The monoisotopic (exact) mass is 356 g/mol. The van der Waals surface area contributed by atoms with Crippen molar-refractivity contribution < 1.29 is 19.1 Å². The van der Waals surface area contributed by atoms with Gasteiger partial charge in [-0.3, -0.25) is 4.79 Å². The minimum absolute atomic E-state index is 0.0984. The van der Waals surface area contributed by atoms with Crippen LogP contribution in [0.3, 0.4) is 0 Å². The van der Waals surface area contributed by atoms with Crippen molar-refractivity contribution >= 4 is 23.6 Å². The van der Waals surface area contributed by atoms with E-state index in [9.17, 15) is 14.0 Å². The van der Waals surface area contributed by atoms with E-state index >= 15 is 0 Å². The van der Waals surface area contributed by atoms with E-state index in [0.717, 1.165) is 31.2 Å². The molecule has 1 aromatic carbocycles. The maximum absolute atomic E-state index is 13.3. The summed E-state index contributed by atoms with van der Waals surface area (Å²) in [6.45, 7) is 0.542. The maximum Gasteiger partial charge on any atom is 0.317 e. The molecule has 2 rings (SSSR count). The molecule has 0 atom stereocenters. The third-order valence-electron chi connectivity index (χ3n) is 4.65. The second-order valence-electron chi connectivity index (χ2n) is 6.34. The molecule has 0 aliphatic heterocycles. The van der Waals surface area contributed by atoms with E-state index in [1.54, 1.807) is 13.1 Å². The first-order valence-electron chi connectivity index (χ1n) is 8.00. The normalized spacial score (nSPS) is 16.0. The predicted molar refractivity (Wildman–Crippen MR) is 89.8 cm³/mol. The number of carbonyl (C=O) groups excluding carboxylic acids is 1. The zero-order chi connectivity index (χ0) is 17.7. The van der Waals surface area contributed by atoms with Gasteiger partial charge in [-0.2, -0.15) is 0 Å². The highest BCUT2D eigenvalue weighted by Crippen LogP contribution is 2.43. The lowest BCUT2D eigenvalue weighted by Crippen LogP contribution is -2.45. The molecule has 0 aromatic heterocycles. The molecule has 1 saturated carbocycles. The second kappa shape index (κ2) is 7.83. The zero-order valence-electron chi connectivity index (χ0n) is 13.6. The largest absolute Gasteiger partial charge is 0.481 e. The molecule has 7 heteroatoms. The summed E-state index contributed by atoms with van der Waals surface area (Å²) in [5, 5.41) is 11.9. The Bertz CT molecular complexity index is 618. The van der Waals surface area contributed by atoms with E-state index in [4.69, 9.17) is 16.7 Å². The number of rotatable bonds is 6. The van der Waals surface area contributed by atoms with Crippen molar-refractivity contribution in [1.82, 2.24) is 10.2 Å². The Morgan fingerprint density at radius 2 is 2.04 bits per heavy atom. The number of carboxylic acid groups (broad SMARTS) is 1. The molecule has 2 N–H and O–H groups in total. The Hall–Kier alpha value is -1.82. The van der Waals surface area contributed by atoms with E-state index in [0.29, 0.717) is 11.6 Å². The topological polar surface area (TPSA) is 69.6 Å². The number of urea groups is 1. The summed E-state index contributed by atoms with van der Waals surface area (Å²) in [7, 11) is 1.56. The van der Waals surface area contributed by atoms with E-state index < -0.39 is 5.97 Å². The molecule has 0 unspecified atom stereocenters. The fourth-order valence-electron chi connectivity index (χ4n) is 3.26. The van der Waals surface area contributed by atoms with Gasteiger partial charge in [-0.15, -0.1) is 0 Å². The number of carboxylic acids is 1. The fourth-order valence-corrected chi connectivity index (χ4v) is 3.63. The van der Waals surface area contributed by atoms with Crippen molar-refractivity contribution in [2.45, 2.75) is 37.5 Å². The summed E-state index contributed by atoms with van der Waals surface area (Å²) >= 11 is 6.23. The Morgan fingerprint density at radius 1 is 1.38 bits per heavy atom. The number of hydrogen-bond acceptors (Lipinski definition) is 2. The molecule has 0 radical (unpaired) electrons. The lowest BCUT2D eigenvalue weighted by molar-refractivity contribution is -0.137. The van der Waals surface area contributed by atoms with Crippen LogP contribution < -0.4 is 5.32 Å². The lowest BCUT2D eigenvalue weighted by atomic mass is 9.78. The Morgan fingerprint density at radius 3 is 2.62 bits per heavy atom. The quantitative estimate of drug-likeness (QED) is 0.820. The number of hydrogen-bond donors (Lipinski definition) is 2. The van der Waals surface area contributed by atoms with Crippen LogP contribution in [-0.4, -0.2) is 42.1 Å². The summed E-state index contributed by atoms with van der Waals surface area (Å²) in [4.78, 5) is 24.1. The van der Waals surface area contributed by atoms with Gasteiger partial charge in [-0.25, -0.2) is 9.18 Å². The third-order valence-corrected chi connectivity index (χ3v) is 4.96. The van der Waals surface area contributed by atoms with Gasteiger partial charge in [0, 0.05) is 30.6 Å². The maximum atomic E-state index is 13.3. The number of nitrogens with zero attached hydrogens (tertiary/aromatic N) is 1. The molecule has 1 aliphatic carbocycles. The highest BCUT2D eigenvalue weighted by Gasteiger charge is 2.37. The number of halogens is 2. The van der Waals surface area contributed by atoms with Crippen LogP contribution in [0.5, 0.6) is 0 Å². The van der Waals surface area contributed by atoms with Gasteiger partial charge >= 0.3 is 12.0 Å². The van der Waals surface area contributed by atoms with Gasteiger partial charge in [0.2, 0.25) is 0 Å². The van der Waals surface area contributed by atoms with Crippen molar-refractivity contribution in [2.75, 3.05) is 20.1 Å². The van der Waals surface area contributed by atoms with Crippen molar-refractivity contribution in [3.8, 4) is 0 Å². The molecule has 5 nitrogen and oxygen atoms in total. The SMILES string of the molecule is CN(CCC(=O)O)C(=O)NCC1(c2ccc(F)cc2Cl)CCCC1. The van der Waals surface area contributed by atoms with Gasteiger partial charge < -0.3 is 15.3 Å². The fraction of sp³-hybridized carbons (Fsp3) is 0.529. The standard InChI is InChI=1S/C17H22ClFN2O3/c1-21(9-6-15(22)23)16(24)20-11-17(7-2-3-8-17)13-5-4-12(19)10-14(13)18/h4-5,10H,2-3,6-9,11H2,1H3,(H,20,24)(H,22,23). The minimum atomic E-state index is -0.944. The van der Waals surface area contributed by atoms with Crippen LogP contribution in [-0.2, 0) is 10.2 Å². The van der Waals surface area contributed by atoms with Crippen LogP contribution >= 0.6 is 11.6 Å². The van der Waals surface area contributed by atoms with E-state index in [-0.39, 0.29) is 30.2 Å². The van der Waals surface area contributed by atoms with E-state index in [2.05, 4.69) is 5.32 Å². The second-order valence-corrected chi connectivity index (χ2v) is 6.74. The molecule has 24 heavy (non-hydrogen) atoms. The van der Waals surface area contributed by atoms with Crippen LogP contribution in [0, 0.1) is 5.82 Å². The van der Waals surface area contributed by atoms with Crippen LogP contribution in [0.1, 0.15) is 37.7 Å². The molecule has 2 amide bonds. The third kappa shape index (κ3) is 4.38. The molecule has 1 fully saturated rings. The van der Waals surface area contributed by atoms with Gasteiger partial charge in [0.1, 0.15) is 5.82 Å². The number of carbonyl (C=O) groups is 2. The summed E-state index contributed by atoms with van der Waals surface area (Å²) in [6, 6.07) is 4.07. The molecule has 0 heterocycles. The zero-order valence-corrected chi connectivity index (χ0v) is 14.4. The number of amides is 2. The van der Waals surface area contributed by atoms with Crippen molar-refractivity contribution in [3.05, 3.63) is 34.6 Å². The molecular formula is C17H22ClFN2O3. The van der Waals surface area contributed by atoms with Gasteiger partial charge in [-0.1, -0.05) is 30.5 Å². The van der Waals surface area contributed by atoms with E-state index in [1.165, 1.54) is 17.0 Å².